The number of carbonyl (C=O) groups excluding carboxylic acids is 1. The van der Waals surface area contributed by atoms with E-state index >= 15 is 0 Å². The summed E-state index contributed by atoms with van der Waals surface area (Å²) in [4.78, 5) is 27.0. The molecule has 0 aromatic heterocycles. The summed E-state index contributed by atoms with van der Waals surface area (Å²) in [5.74, 6) is 2.68. The highest BCUT2D eigenvalue weighted by molar-refractivity contribution is 5.90. The van der Waals surface area contributed by atoms with Gasteiger partial charge in [-0.15, -0.1) is 0 Å². The van der Waals surface area contributed by atoms with Crippen LogP contribution < -0.4 is 10.1 Å². The molecule has 1 saturated carbocycles. The number of fused-ring (bicyclic) bond motifs is 1. The molecule has 44 heavy (non-hydrogen) atoms. The normalized spacial score (nSPS) is 17.5. The van der Waals surface area contributed by atoms with Crippen molar-refractivity contribution < 1.29 is 30.3 Å². The predicted octanol–water partition coefficient (Wildman–Crippen LogP) is 6.45. The molecule has 0 radical (unpaired) electrons. The van der Waals surface area contributed by atoms with Crippen LogP contribution in [0.15, 0.2) is 78.9 Å². The second-order valence-corrected chi connectivity index (χ2v) is 11.4. The van der Waals surface area contributed by atoms with Crippen molar-refractivity contribution in [1.82, 2.24) is 9.80 Å². The van der Waals surface area contributed by atoms with Crippen molar-refractivity contribution in [2.45, 2.75) is 38.5 Å². The number of carbonyl (C=O) groups is 2. The van der Waals surface area contributed by atoms with Gasteiger partial charge in [-0.1, -0.05) is 67.1 Å². The lowest BCUT2D eigenvalue weighted by molar-refractivity contribution is -0.143. The van der Waals surface area contributed by atoms with Crippen molar-refractivity contribution in [3.05, 3.63) is 84.4 Å². The molecule has 1 heterocycles. The molecule has 2 N–H and O–H groups in total. The summed E-state index contributed by atoms with van der Waals surface area (Å²) in [6.45, 7) is 4.30. The van der Waals surface area contributed by atoms with Crippen LogP contribution in [0.4, 0.5) is 10.5 Å². The number of methoxy groups -OCH3 is 2. The Morgan fingerprint density at radius 3 is 2.23 bits per heavy atom. The number of benzene rings is 3. The fourth-order valence-corrected chi connectivity index (χ4v) is 6.01. The van der Waals surface area contributed by atoms with Gasteiger partial charge in [0, 0.05) is 47.9 Å². The van der Waals surface area contributed by atoms with E-state index in [4.69, 9.17) is 19.3 Å². The van der Waals surface area contributed by atoms with E-state index in [0.717, 1.165) is 35.3 Å². The zero-order valence-electron chi connectivity index (χ0n) is 26.0. The predicted molar refractivity (Wildman–Crippen MR) is 174 cm³/mol. The van der Waals surface area contributed by atoms with Crippen LogP contribution in [-0.2, 0) is 20.8 Å². The Morgan fingerprint density at radius 1 is 0.955 bits per heavy atom. The van der Waals surface area contributed by atoms with Crippen LogP contribution in [0.3, 0.4) is 0 Å². The van der Waals surface area contributed by atoms with Crippen LogP contribution in [0.1, 0.15) is 32.7 Å². The van der Waals surface area contributed by atoms with Crippen molar-refractivity contribution in [3.8, 4) is 16.9 Å². The van der Waals surface area contributed by atoms with Crippen molar-refractivity contribution in [2.24, 2.45) is 11.8 Å². The Bertz CT molecular complexity index is 1310. The number of nitrogens with zero attached hydrogens (tertiary/aromatic N) is 2. The molecule has 3 aromatic carbocycles. The molecule has 9 heteroatoms. The highest BCUT2D eigenvalue weighted by atomic mass is 16.7. The molecule has 2 atom stereocenters. The first kappa shape index (κ1) is 33.0. The molecule has 238 valence electrons. The molecule has 1 saturated heterocycles. The SMILES string of the molecule is COC(CN(C)C(=O)CCOc1ccc(CN2C[C@H]3CCC[C@H]3C2)cc1)OC.O=C(O)Nc1ccccc1-c1ccccc1.[HH]. The maximum Gasteiger partial charge on any atom is 0.409 e. The van der Waals surface area contributed by atoms with Crippen LogP contribution in [0.2, 0.25) is 0 Å². The summed E-state index contributed by atoms with van der Waals surface area (Å²) in [6.07, 6.45) is 3.13. The standard InChI is InChI=1S/C22H34N2O4.C13H11NO2.H2/c1-23(16-22(26-2)27-3)21(25)11-12-28-20-9-7-17(8-10-20)13-24-14-18-5-4-6-19(18)15-24;15-13(16)14-12-9-5-4-8-11(12)10-6-2-1-3-7-10;/h7-10,18-19,22H,4-6,11-16H2,1-3H3;1-9,14H,(H,15,16);1H/t18-,19+;;. The molecule has 1 aliphatic heterocycles. The van der Waals surface area contributed by atoms with Crippen LogP contribution in [-0.4, -0.2) is 80.7 Å². The van der Waals surface area contributed by atoms with Gasteiger partial charge in [-0.25, -0.2) is 4.79 Å². The van der Waals surface area contributed by atoms with E-state index in [1.165, 1.54) is 37.9 Å². The fraction of sp³-hybridized carbons (Fsp3) is 0.429. The third-order valence-electron chi connectivity index (χ3n) is 8.34. The maximum atomic E-state index is 12.2. The molecular formula is C35H47N3O6. The number of carboxylic acid groups (broad SMARTS) is 1. The van der Waals surface area contributed by atoms with Crippen molar-refractivity contribution in [2.75, 3.05) is 52.8 Å². The number of hydrogen-bond donors (Lipinski definition) is 2. The van der Waals surface area contributed by atoms with Gasteiger partial charge >= 0.3 is 6.09 Å². The monoisotopic (exact) mass is 605 g/mol. The van der Waals surface area contributed by atoms with E-state index in [0.29, 0.717) is 25.3 Å². The van der Waals surface area contributed by atoms with E-state index < -0.39 is 12.4 Å². The minimum absolute atomic E-state index is 0. The van der Waals surface area contributed by atoms with E-state index in [1.54, 1.807) is 38.3 Å². The number of para-hydroxylation sites is 1. The summed E-state index contributed by atoms with van der Waals surface area (Å²) in [5.41, 5.74) is 3.80. The fourth-order valence-electron chi connectivity index (χ4n) is 6.01. The maximum absolute atomic E-state index is 12.2. The van der Waals surface area contributed by atoms with Gasteiger partial charge in [0.25, 0.3) is 0 Å². The minimum atomic E-state index is -1.05. The zero-order chi connectivity index (χ0) is 31.3. The average Bonchev–Trinajstić information content (AvgIpc) is 3.63. The lowest BCUT2D eigenvalue weighted by Crippen LogP contribution is -2.36. The Hall–Kier alpha value is -3.92. The lowest BCUT2D eigenvalue weighted by Gasteiger charge is -2.22. The number of hydrogen-bond acceptors (Lipinski definition) is 6. The molecular weight excluding hydrogens is 558 g/mol. The number of nitrogens with one attached hydrogen (secondary N) is 1. The summed E-state index contributed by atoms with van der Waals surface area (Å²) in [6, 6.07) is 25.3. The van der Waals surface area contributed by atoms with Gasteiger partial charge in [0.1, 0.15) is 5.75 Å². The molecule has 3 aromatic rings. The van der Waals surface area contributed by atoms with Gasteiger partial charge in [0.15, 0.2) is 6.29 Å². The van der Waals surface area contributed by atoms with Crippen LogP contribution in [0.5, 0.6) is 5.75 Å². The molecule has 2 aliphatic rings. The third-order valence-corrected chi connectivity index (χ3v) is 8.34. The summed E-state index contributed by atoms with van der Waals surface area (Å²) < 4.78 is 16.0. The van der Waals surface area contributed by atoms with E-state index in [9.17, 15) is 9.59 Å². The molecule has 9 nitrogen and oxygen atoms in total. The second kappa shape index (κ2) is 16.8. The minimum Gasteiger partial charge on any atom is -0.493 e. The number of anilines is 1. The largest absolute Gasteiger partial charge is 0.493 e. The zero-order valence-corrected chi connectivity index (χ0v) is 26.0. The first-order valence-electron chi connectivity index (χ1n) is 15.2. The van der Waals surface area contributed by atoms with Crippen molar-refractivity contribution in [3.63, 3.8) is 0 Å². The quantitative estimate of drug-likeness (QED) is 0.229. The number of ether oxygens (including phenoxy) is 3. The van der Waals surface area contributed by atoms with Gasteiger partial charge in [-0.2, -0.15) is 0 Å². The van der Waals surface area contributed by atoms with Gasteiger partial charge in [-0.3, -0.25) is 15.0 Å². The Balaban J connectivity index is 0.000000276. The van der Waals surface area contributed by atoms with Crippen LogP contribution >= 0.6 is 0 Å². The molecule has 1 aliphatic carbocycles. The topological polar surface area (TPSA) is 101 Å². The average molecular weight is 606 g/mol. The van der Waals surface area contributed by atoms with E-state index in [1.807, 2.05) is 54.6 Å². The summed E-state index contributed by atoms with van der Waals surface area (Å²) in [7, 11) is 4.87. The number of likely N-dealkylation sites (tertiary alicyclic amines) is 1. The smallest absolute Gasteiger partial charge is 0.409 e. The lowest BCUT2D eigenvalue weighted by atomic mass is 10.0. The first-order valence-corrected chi connectivity index (χ1v) is 15.2. The van der Waals surface area contributed by atoms with Crippen LogP contribution in [0.25, 0.3) is 11.1 Å². The van der Waals surface area contributed by atoms with Gasteiger partial charge < -0.3 is 24.2 Å². The Labute approximate surface area is 262 Å². The molecule has 2 fully saturated rings. The van der Waals surface area contributed by atoms with Crippen molar-refractivity contribution >= 4 is 17.7 Å². The number of amides is 2. The molecule has 5 rings (SSSR count). The highest BCUT2D eigenvalue weighted by Gasteiger charge is 2.35. The van der Waals surface area contributed by atoms with Gasteiger partial charge in [0.2, 0.25) is 5.91 Å². The highest BCUT2D eigenvalue weighted by Crippen LogP contribution is 2.38. The van der Waals surface area contributed by atoms with E-state index in [-0.39, 0.29) is 7.33 Å². The summed E-state index contributed by atoms with van der Waals surface area (Å²) >= 11 is 0. The van der Waals surface area contributed by atoms with Gasteiger partial charge in [-0.05, 0) is 54.0 Å². The molecule has 2 amide bonds. The molecule has 0 bridgehead atoms. The van der Waals surface area contributed by atoms with E-state index in [2.05, 4.69) is 22.3 Å². The second-order valence-electron chi connectivity index (χ2n) is 11.4. The molecule has 0 spiro atoms. The van der Waals surface area contributed by atoms with Crippen LogP contribution in [0, 0.1) is 11.8 Å². The van der Waals surface area contributed by atoms with Gasteiger partial charge in [0.05, 0.1) is 25.3 Å². The summed E-state index contributed by atoms with van der Waals surface area (Å²) in [5, 5.41) is 11.1. The van der Waals surface area contributed by atoms with Crippen molar-refractivity contribution in [1.29, 1.82) is 0 Å². The molecule has 0 unspecified atom stereocenters. The Morgan fingerprint density at radius 2 is 1.59 bits per heavy atom. The number of rotatable bonds is 12. The first-order chi connectivity index (χ1) is 21.4. The number of likely N-dealkylation sites (N-methyl/N-ethyl adjacent to an activating group) is 1. The Kier molecular flexibility index (Phi) is 12.6. The third kappa shape index (κ3) is 9.80.